The number of esters is 1. The van der Waals surface area contributed by atoms with E-state index in [0.29, 0.717) is 23.5 Å². The van der Waals surface area contributed by atoms with Gasteiger partial charge in [-0.3, -0.25) is 4.98 Å². The first kappa shape index (κ1) is 12.9. The average Bonchev–Trinajstić information content (AvgIpc) is 2.42. The van der Waals surface area contributed by atoms with Gasteiger partial charge >= 0.3 is 5.97 Å². The lowest BCUT2D eigenvalue weighted by Crippen LogP contribution is -2.05. The van der Waals surface area contributed by atoms with Gasteiger partial charge < -0.3 is 15.2 Å². The second-order valence-corrected chi connectivity index (χ2v) is 3.82. The summed E-state index contributed by atoms with van der Waals surface area (Å²) in [5, 5.41) is 12.6. The molecule has 5 nitrogen and oxygen atoms in total. The van der Waals surface area contributed by atoms with Gasteiger partial charge in [-0.15, -0.1) is 0 Å². The Bertz CT molecular complexity index is 584. The van der Waals surface area contributed by atoms with E-state index >= 15 is 0 Å². The number of pyridine rings is 1. The van der Waals surface area contributed by atoms with Crippen molar-refractivity contribution in [1.82, 2.24) is 4.98 Å². The van der Waals surface area contributed by atoms with Crippen LogP contribution in [0.5, 0.6) is 5.75 Å². The first-order valence-electron chi connectivity index (χ1n) is 5.88. The van der Waals surface area contributed by atoms with E-state index < -0.39 is 5.97 Å². The number of para-hydroxylation sites is 2. The molecule has 2 N–H and O–H groups in total. The molecule has 0 aliphatic heterocycles. The fourth-order valence-electron chi connectivity index (χ4n) is 1.57. The minimum absolute atomic E-state index is 0.129. The van der Waals surface area contributed by atoms with Gasteiger partial charge in [0.2, 0.25) is 0 Å². The normalized spacial score (nSPS) is 9.95. The van der Waals surface area contributed by atoms with Gasteiger partial charge in [0.15, 0.2) is 0 Å². The third-order valence-corrected chi connectivity index (χ3v) is 2.43. The van der Waals surface area contributed by atoms with E-state index in [9.17, 15) is 9.90 Å². The number of hydrogen-bond acceptors (Lipinski definition) is 5. The number of carbonyl (C=O) groups excluding carboxylic acids is 1. The topological polar surface area (TPSA) is 71.5 Å². The fourth-order valence-corrected chi connectivity index (χ4v) is 1.57. The van der Waals surface area contributed by atoms with E-state index in [2.05, 4.69) is 10.3 Å². The highest BCUT2D eigenvalue weighted by Gasteiger charge is 2.08. The molecule has 0 bridgehead atoms. The number of aromatic nitrogens is 1. The molecule has 5 heteroatoms. The molecule has 1 aromatic heterocycles. The highest BCUT2D eigenvalue weighted by atomic mass is 16.5. The molecule has 98 valence electrons. The molecule has 19 heavy (non-hydrogen) atoms. The maximum Gasteiger partial charge on any atom is 0.339 e. The quantitative estimate of drug-likeness (QED) is 0.651. The van der Waals surface area contributed by atoms with Crippen molar-refractivity contribution in [2.45, 2.75) is 6.92 Å². The summed E-state index contributed by atoms with van der Waals surface area (Å²) in [6.45, 7) is 2.06. The number of carbonyl (C=O) groups is 1. The van der Waals surface area contributed by atoms with Gasteiger partial charge in [-0.2, -0.15) is 0 Å². The molecule has 0 fully saturated rings. The number of nitrogens with zero attached hydrogens (tertiary/aromatic N) is 1. The Labute approximate surface area is 110 Å². The molecule has 2 rings (SSSR count). The largest absolute Gasteiger partial charge is 0.506 e. The average molecular weight is 258 g/mol. The predicted molar refractivity (Wildman–Crippen MR) is 71.6 cm³/mol. The van der Waals surface area contributed by atoms with Crippen molar-refractivity contribution in [3.05, 3.63) is 48.3 Å². The summed E-state index contributed by atoms with van der Waals surface area (Å²) in [6.07, 6.45) is 3.00. The Kier molecular flexibility index (Phi) is 3.97. The van der Waals surface area contributed by atoms with Crippen molar-refractivity contribution in [2.24, 2.45) is 0 Å². The number of ether oxygens (including phenoxy) is 1. The Morgan fingerprint density at radius 3 is 2.89 bits per heavy atom. The number of phenols is 1. The van der Waals surface area contributed by atoms with Crippen molar-refractivity contribution >= 4 is 17.3 Å². The van der Waals surface area contributed by atoms with Crippen molar-refractivity contribution < 1.29 is 14.6 Å². The summed E-state index contributed by atoms with van der Waals surface area (Å²) in [6, 6.07) is 8.45. The molecule has 1 aromatic carbocycles. The maximum absolute atomic E-state index is 11.6. The lowest BCUT2D eigenvalue weighted by atomic mass is 10.2. The summed E-state index contributed by atoms with van der Waals surface area (Å²) >= 11 is 0. The summed E-state index contributed by atoms with van der Waals surface area (Å²) in [5.41, 5.74) is 1.51. The Morgan fingerprint density at radius 2 is 2.16 bits per heavy atom. The van der Waals surface area contributed by atoms with Gasteiger partial charge in [0.25, 0.3) is 0 Å². The highest BCUT2D eigenvalue weighted by Crippen LogP contribution is 2.25. The van der Waals surface area contributed by atoms with Gasteiger partial charge in [-0.1, -0.05) is 12.1 Å². The van der Waals surface area contributed by atoms with Crippen LogP contribution in [0, 0.1) is 0 Å². The molecule has 0 aliphatic carbocycles. The molecule has 0 amide bonds. The predicted octanol–water partition coefficient (Wildman–Crippen LogP) is 2.71. The van der Waals surface area contributed by atoms with E-state index in [1.807, 2.05) is 0 Å². The van der Waals surface area contributed by atoms with E-state index in [0.717, 1.165) is 0 Å². The molecule has 0 spiro atoms. The molecule has 0 radical (unpaired) electrons. The van der Waals surface area contributed by atoms with Gasteiger partial charge in [-0.05, 0) is 25.1 Å². The van der Waals surface area contributed by atoms with Gasteiger partial charge in [0, 0.05) is 6.20 Å². The summed E-state index contributed by atoms with van der Waals surface area (Å²) in [5.74, 6) is -0.292. The van der Waals surface area contributed by atoms with E-state index in [1.165, 1.54) is 6.20 Å². The van der Waals surface area contributed by atoms with Crippen molar-refractivity contribution in [3.8, 4) is 5.75 Å². The minimum Gasteiger partial charge on any atom is -0.506 e. The summed E-state index contributed by atoms with van der Waals surface area (Å²) in [7, 11) is 0. The van der Waals surface area contributed by atoms with Crippen molar-refractivity contribution in [3.63, 3.8) is 0 Å². The van der Waals surface area contributed by atoms with E-state index in [1.54, 1.807) is 43.5 Å². The zero-order valence-corrected chi connectivity index (χ0v) is 10.5. The molecule has 1 heterocycles. The van der Waals surface area contributed by atoms with Crippen molar-refractivity contribution in [1.29, 1.82) is 0 Å². The smallest absolute Gasteiger partial charge is 0.339 e. The third kappa shape index (κ3) is 3.22. The Morgan fingerprint density at radius 1 is 1.37 bits per heavy atom. The van der Waals surface area contributed by atoms with Crippen LogP contribution in [-0.4, -0.2) is 22.7 Å². The first-order chi connectivity index (χ1) is 9.20. The number of rotatable bonds is 4. The number of benzene rings is 1. The third-order valence-electron chi connectivity index (χ3n) is 2.43. The number of anilines is 2. The second kappa shape index (κ2) is 5.86. The van der Waals surface area contributed by atoms with Crippen LogP contribution in [0.4, 0.5) is 11.4 Å². The molecule has 0 atom stereocenters. The lowest BCUT2D eigenvalue weighted by molar-refractivity contribution is 0.0526. The first-order valence-corrected chi connectivity index (χ1v) is 5.88. The molecule has 0 saturated carbocycles. The molecule has 2 aromatic rings. The van der Waals surface area contributed by atoms with Crippen LogP contribution in [0.25, 0.3) is 0 Å². The second-order valence-electron chi connectivity index (χ2n) is 3.82. The minimum atomic E-state index is -0.420. The molecule has 0 saturated heterocycles. The monoisotopic (exact) mass is 258 g/mol. The van der Waals surface area contributed by atoms with Gasteiger partial charge in [0.05, 0.1) is 29.7 Å². The number of phenolic OH excluding ortho intramolecular Hbond substituents is 1. The highest BCUT2D eigenvalue weighted by molar-refractivity contribution is 5.90. The number of aromatic hydroxyl groups is 1. The van der Waals surface area contributed by atoms with Crippen LogP contribution in [0.2, 0.25) is 0 Å². The van der Waals surface area contributed by atoms with Gasteiger partial charge in [-0.25, -0.2) is 4.79 Å². The summed E-state index contributed by atoms with van der Waals surface area (Å²) in [4.78, 5) is 15.5. The van der Waals surface area contributed by atoms with Crippen LogP contribution in [0.1, 0.15) is 17.3 Å². The van der Waals surface area contributed by atoms with E-state index in [4.69, 9.17) is 4.74 Å². The standard InChI is InChI=1S/C14H14N2O3/c1-2-19-14(18)10-7-11(9-15-8-10)16-12-5-3-4-6-13(12)17/h3-9,16-17H,2H2,1H3. The van der Waals surface area contributed by atoms with Crippen LogP contribution < -0.4 is 5.32 Å². The van der Waals surface area contributed by atoms with E-state index in [-0.39, 0.29) is 5.75 Å². The zero-order valence-electron chi connectivity index (χ0n) is 10.5. The van der Waals surface area contributed by atoms with Crippen molar-refractivity contribution in [2.75, 3.05) is 11.9 Å². The lowest BCUT2D eigenvalue weighted by Gasteiger charge is -2.08. The van der Waals surface area contributed by atoms with Gasteiger partial charge in [0.1, 0.15) is 5.75 Å². The van der Waals surface area contributed by atoms with Crippen LogP contribution in [0.3, 0.4) is 0 Å². The molecule has 0 aliphatic rings. The van der Waals surface area contributed by atoms with Crippen LogP contribution >= 0.6 is 0 Å². The zero-order chi connectivity index (χ0) is 13.7. The number of hydrogen-bond donors (Lipinski definition) is 2. The molecular weight excluding hydrogens is 244 g/mol. The molecule has 0 unspecified atom stereocenters. The molecular formula is C14H14N2O3. The van der Waals surface area contributed by atoms with Crippen LogP contribution in [-0.2, 0) is 4.74 Å². The summed E-state index contributed by atoms with van der Waals surface area (Å²) < 4.78 is 4.90. The Hall–Kier alpha value is -2.56. The SMILES string of the molecule is CCOC(=O)c1cncc(Nc2ccccc2O)c1. The van der Waals surface area contributed by atoms with Crippen LogP contribution in [0.15, 0.2) is 42.7 Å². The Balaban J connectivity index is 2.20. The number of nitrogens with one attached hydrogen (secondary N) is 1. The fraction of sp³-hybridized carbons (Fsp3) is 0.143. The maximum atomic E-state index is 11.6.